The highest BCUT2D eigenvalue weighted by molar-refractivity contribution is 5.80. The van der Waals surface area contributed by atoms with Crippen molar-refractivity contribution in [2.45, 2.75) is 66.7 Å². The number of carbonyl (C=O) groups excluding carboxylic acids is 1. The van der Waals surface area contributed by atoms with Gasteiger partial charge >= 0.3 is 0 Å². The molecule has 0 radical (unpaired) electrons. The molecule has 0 amide bonds. The Kier molecular flexibility index (Phi) is 11.4. The molecule has 17 heavy (non-hydrogen) atoms. The molecule has 3 heteroatoms. The summed E-state index contributed by atoms with van der Waals surface area (Å²) < 4.78 is 0. The summed E-state index contributed by atoms with van der Waals surface area (Å²) >= 11 is 0. The van der Waals surface area contributed by atoms with Gasteiger partial charge in [-0.25, -0.2) is 0 Å². The predicted octanol–water partition coefficient (Wildman–Crippen LogP) is 4.59. The van der Waals surface area contributed by atoms with Crippen molar-refractivity contribution >= 4 is 5.78 Å². The van der Waals surface area contributed by atoms with Crippen LogP contribution in [-0.4, -0.2) is 12.8 Å². The number of nitroso groups, excluding NO2 is 1. The van der Waals surface area contributed by atoms with Crippen LogP contribution < -0.4 is 0 Å². The number of hydrogen-bond acceptors (Lipinski definition) is 3. The highest BCUT2D eigenvalue weighted by Crippen LogP contribution is 2.22. The van der Waals surface area contributed by atoms with E-state index in [2.05, 4.69) is 12.1 Å². The van der Waals surface area contributed by atoms with Crippen molar-refractivity contribution < 1.29 is 4.79 Å². The van der Waals surface area contributed by atoms with Crippen LogP contribution in [0.4, 0.5) is 0 Å². The van der Waals surface area contributed by atoms with Crippen molar-refractivity contribution in [1.29, 1.82) is 0 Å². The molecule has 1 rings (SSSR count). The van der Waals surface area contributed by atoms with Gasteiger partial charge in [0.15, 0.2) is 0 Å². The second kappa shape index (κ2) is 10.4. The van der Waals surface area contributed by atoms with Crippen LogP contribution in [0.5, 0.6) is 0 Å². The number of ketones is 1. The number of carbonyl (C=O) groups is 1. The van der Waals surface area contributed by atoms with Crippen molar-refractivity contribution in [3.8, 4) is 0 Å². The summed E-state index contributed by atoms with van der Waals surface area (Å²) in [6, 6.07) is 0. The maximum absolute atomic E-state index is 10.5. The topological polar surface area (TPSA) is 46.5 Å². The Morgan fingerprint density at radius 2 is 1.41 bits per heavy atom. The van der Waals surface area contributed by atoms with Crippen molar-refractivity contribution in [3.05, 3.63) is 4.91 Å². The third-order valence-corrected chi connectivity index (χ3v) is 2.95. The summed E-state index contributed by atoms with van der Waals surface area (Å²) in [5.41, 5.74) is -0.139. The highest BCUT2D eigenvalue weighted by Gasteiger charge is 2.14. The first-order valence-corrected chi connectivity index (χ1v) is 6.48. The van der Waals surface area contributed by atoms with Crippen LogP contribution >= 0.6 is 0 Å². The van der Waals surface area contributed by atoms with Gasteiger partial charge in [-0.3, -0.25) is 4.79 Å². The fraction of sp³-hybridized carbons (Fsp3) is 0.929. The summed E-state index contributed by atoms with van der Waals surface area (Å²) in [6.07, 6.45) is 7.44. The van der Waals surface area contributed by atoms with Crippen LogP contribution in [0.2, 0.25) is 0 Å². The first kappa shape index (κ1) is 18.6. The van der Waals surface area contributed by atoms with Gasteiger partial charge in [0.25, 0.3) is 0 Å². The van der Waals surface area contributed by atoms with Gasteiger partial charge in [0.2, 0.25) is 0 Å². The molecule has 1 fully saturated rings. The first-order valence-electron chi connectivity index (χ1n) is 6.48. The van der Waals surface area contributed by atoms with E-state index in [1.807, 2.05) is 20.8 Å². The molecule has 0 unspecified atom stereocenters. The van der Waals surface area contributed by atoms with Crippen molar-refractivity contribution in [3.63, 3.8) is 0 Å². The van der Waals surface area contributed by atoms with Crippen LogP contribution in [0, 0.1) is 16.2 Å². The number of hydrogen-bond donors (Lipinski definition) is 0. The molecule has 1 aliphatic rings. The fourth-order valence-electron chi connectivity index (χ4n) is 1.31. The molecule has 0 aromatic carbocycles. The molecular weight excluding hydrogens is 214 g/mol. The smallest absolute Gasteiger partial charge is 0.135 e. The average Bonchev–Trinajstić information content (AvgIpc) is 2.19. The van der Waals surface area contributed by atoms with E-state index >= 15 is 0 Å². The normalized spacial score (nSPS) is 15.9. The number of rotatable bonds is 0. The highest BCUT2D eigenvalue weighted by atomic mass is 16.2. The lowest BCUT2D eigenvalue weighted by Gasteiger charge is -2.15. The van der Waals surface area contributed by atoms with Gasteiger partial charge in [0.05, 0.1) is 7.05 Å². The van der Waals surface area contributed by atoms with Gasteiger partial charge in [-0.15, -0.1) is 0 Å². The van der Waals surface area contributed by atoms with Gasteiger partial charge in [0.1, 0.15) is 5.78 Å². The summed E-state index contributed by atoms with van der Waals surface area (Å²) in [5, 5.41) is 2.25. The summed E-state index contributed by atoms with van der Waals surface area (Å²) in [7, 11) is 1.19. The SMILES string of the molecule is CC(=O)C(C)(C)C.CC1CCCCC1.CN=O. The Hall–Kier alpha value is -0.730. The third kappa shape index (κ3) is 15.3. The lowest BCUT2D eigenvalue weighted by Crippen LogP contribution is -2.15. The Morgan fingerprint density at radius 1 is 1.12 bits per heavy atom. The summed E-state index contributed by atoms with van der Waals surface area (Å²) in [5.74, 6) is 1.28. The van der Waals surface area contributed by atoms with E-state index in [1.165, 1.54) is 39.2 Å². The first-order chi connectivity index (χ1) is 7.75. The van der Waals surface area contributed by atoms with E-state index in [4.69, 9.17) is 4.91 Å². The van der Waals surface area contributed by atoms with Gasteiger partial charge < -0.3 is 0 Å². The summed E-state index contributed by atoms with van der Waals surface area (Å²) in [4.78, 5) is 19.0. The summed E-state index contributed by atoms with van der Waals surface area (Å²) in [6.45, 7) is 9.71. The lowest BCUT2D eigenvalue weighted by molar-refractivity contribution is -0.124. The molecule has 3 nitrogen and oxygen atoms in total. The molecule has 0 aromatic rings. The van der Waals surface area contributed by atoms with Crippen molar-refractivity contribution in [2.24, 2.45) is 16.5 Å². The Balaban J connectivity index is 0. The predicted molar refractivity (Wildman–Crippen MR) is 74.1 cm³/mol. The maximum Gasteiger partial charge on any atom is 0.135 e. The number of nitrogens with zero attached hydrogens (tertiary/aromatic N) is 1. The van der Waals surface area contributed by atoms with E-state index < -0.39 is 0 Å². The zero-order chi connectivity index (χ0) is 13.9. The minimum atomic E-state index is -0.139. The molecule has 0 N–H and O–H groups in total. The molecule has 0 saturated heterocycles. The molecular formula is C14H29NO2. The lowest BCUT2D eigenvalue weighted by atomic mass is 9.91. The molecule has 0 spiro atoms. The second-order valence-electron chi connectivity index (χ2n) is 5.73. The minimum Gasteiger partial charge on any atom is -0.299 e. The minimum absolute atomic E-state index is 0.139. The van der Waals surface area contributed by atoms with E-state index in [1.54, 1.807) is 6.92 Å². The van der Waals surface area contributed by atoms with Crippen LogP contribution in [0.3, 0.4) is 0 Å². The fourth-order valence-corrected chi connectivity index (χ4v) is 1.31. The van der Waals surface area contributed by atoms with Crippen molar-refractivity contribution in [1.82, 2.24) is 0 Å². The molecule has 0 aromatic heterocycles. The van der Waals surface area contributed by atoms with Crippen LogP contribution in [0.15, 0.2) is 5.18 Å². The van der Waals surface area contributed by atoms with E-state index in [0.717, 1.165) is 5.92 Å². The largest absolute Gasteiger partial charge is 0.299 e. The quantitative estimate of drug-likeness (QED) is 0.584. The second-order valence-corrected chi connectivity index (χ2v) is 5.73. The molecule has 1 saturated carbocycles. The van der Waals surface area contributed by atoms with Crippen molar-refractivity contribution in [2.75, 3.05) is 7.05 Å². The van der Waals surface area contributed by atoms with Crippen LogP contribution in [-0.2, 0) is 4.79 Å². The van der Waals surface area contributed by atoms with E-state index in [0.29, 0.717) is 0 Å². The van der Waals surface area contributed by atoms with Crippen LogP contribution in [0.1, 0.15) is 66.7 Å². The van der Waals surface area contributed by atoms with Gasteiger partial charge in [-0.2, -0.15) is 4.91 Å². The van der Waals surface area contributed by atoms with E-state index in [9.17, 15) is 4.79 Å². The molecule has 0 aliphatic heterocycles. The third-order valence-electron chi connectivity index (χ3n) is 2.95. The average molecular weight is 243 g/mol. The standard InChI is InChI=1S/C7H14.C6H12O.CH3NO/c1-7-5-3-2-4-6-7;1-5(7)6(2,3)4;1-2-3/h7H,2-6H2,1H3;1-4H3;1H3. The Morgan fingerprint density at radius 3 is 1.53 bits per heavy atom. The molecule has 0 bridgehead atoms. The van der Waals surface area contributed by atoms with E-state index in [-0.39, 0.29) is 11.2 Å². The zero-order valence-electron chi connectivity index (χ0n) is 12.4. The van der Waals surface area contributed by atoms with Gasteiger partial charge in [0, 0.05) is 5.41 Å². The molecule has 102 valence electrons. The monoisotopic (exact) mass is 243 g/mol. The maximum atomic E-state index is 10.5. The molecule has 0 atom stereocenters. The van der Waals surface area contributed by atoms with Gasteiger partial charge in [-0.05, 0) is 12.8 Å². The molecule has 1 aliphatic carbocycles. The zero-order valence-corrected chi connectivity index (χ0v) is 12.4. The van der Waals surface area contributed by atoms with Crippen LogP contribution in [0.25, 0.3) is 0 Å². The Bertz CT molecular complexity index is 201. The molecule has 0 heterocycles. The van der Waals surface area contributed by atoms with Gasteiger partial charge in [-0.1, -0.05) is 65.0 Å². The number of Topliss-reactive ketones (excluding diaryl/α,β-unsaturated/α-hetero) is 1. The Labute approximate surface area is 106 Å².